The Kier molecular flexibility index (Phi) is 5.98. The first-order valence-electron chi connectivity index (χ1n) is 7.96. The summed E-state index contributed by atoms with van der Waals surface area (Å²) in [5, 5.41) is 0. The molecule has 1 fully saturated rings. The van der Waals surface area contributed by atoms with E-state index in [0.29, 0.717) is 39.0 Å². The highest BCUT2D eigenvalue weighted by Gasteiger charge is 2.26. The highest BCUT2D eigenvalue weighted by molar-refractivity contribution is 5.79. The zero-order chi connectivity index (χ0) is 16.8. The van der Waals surface area contributed by atoms with Crippen molar-refractivity contribution < 1.29 is 14.3 Å². The molecule has 1 unspecified atom stereocenters. The van der Waals surface area contributed by atoms with Gasteiger partial charge in [-0.1, -0.05) is 18.2 Å². The lowest BCUT2D eigenvalue weighted by atomic mass is 10.1. The van der Waals surface area contributed by atoms with Gasteiger partial charge in [-0.15, -0.1) is 0 Å². The van der Waals surface area contributed by atoms with Crippen molar-refractivity contribution >= 4 is 11.8 Å². The molecule has 2 amide bonds. The maximum Gasteiger partial charge on any atom is 0.234 e. The number of methoxy groups -OCH3 is 1. The molecule has 126 valence electrons. The number of piperazine rings is 1. The van der Waals surface area contributed by atoms with Gasteiger partial charge in [0.25, 0.3) is 0 Å². The van der Waals surface area contributed by atoms with E-state index in [0.717, 1.165) is 11.3 Å². The van der Waals surface area contributed by atoms with Crippen LogP contribution in [0.4, 0.5) is 0 Å². The van der Waals surface area contributed by atoms with E-state index in [-0.39, 0.29) is 17.9 Å². The maximum absolute atomic E-state index is 12.4. The van der Waals surface area contributed by atoms with E-state index >= 15 is 0 Å². The summed E-state index contributed by atoms with van der Waals surface area (Å²) in [5.74, 6) is 0.642. The van der Waals surface area contributed by atoms with E-state index in [1.807, 2.05) is 41.0 Å². The lowest BCUT2D eigenvalue weighted by molar-refractivity contribution is -0.133. The third-order valence-corrected chi connectivity index (χ3v) is 4.43. The van der Waals surface area contributed by atoms with E-state index in [4.69, 9.17) is 10.5 Å². The van der Waals surface area contributed by atoms with E-state index in [1.54, 1.807) is 7.11 Å². The molecule has 1 heterocycles. The first-order chi connectivity index (χ1) is 11.0. The SMILES string of the molecule is COc1ccccc1CCC(=O)N1CCN(C(C)C(N)=O)CC1. The predicted octanol–water partition coefficient (Wildman–Crippen LogP) is 0.646. The second-order valence-electron chi connectivity index (χ2n) is 5.81. The van der Waals surface area contributed by atoms with Crippen LogP contribution in [0, 0.1) is 0 Å². The number of hydrogen-bond donors (Lipinski definition) is 1. The minimum atomic E-state index is -0.319. The van der Waals surface area contributed by atoms with E-state index in [1.165, 1.54) is 0 Å². The number of primary amides is 1. The van der Waals surface area contributed by atoms with Crippen molar-refractivity contribution in [3.8, 4) is 5.75 Å². The van der Waals surface area contributed by atoms with Crippen LogP contribution in [0.15, 0.2) is 24.3 Å². The summed E-state index contributed by atoms with van der Waals surface area (Å²) in [5.41, 5.74) is 6.37. The van der Waals surface area contributed by atoms with Gasteiger partial charge in [0.2, 0.25) is 11.8 Å². The average molecular weight is 319 g/mol. The highest BCUT2D eigenvalue weighted by Crippen LogP contribution is 2.19. The van der Waals surface area contributed by atoms with Crippen molar-refractivity contribution in [2.75, 3.05) is 33.3 Å². The molecule has 0 bridgehead atoms. The summed E-state index contributed by atoms with van der Waals surface area (Å²) in [6.45, 7) is 4.46. The fourth-order valence-electron chi connectivity index (χ4n) is 2.85. The Morgan fingerprint density at radius 1 is 1.22 bits per heavy atom. The number of aryl methyl sites for hydroxylation is 1. The summed E-state index contributed by atoms with van der Waals surface area (Å²) in [6, 6.07) is 7.48. The number of amides is 2. The van der Waals surface area contributed by atoms with Gasteiger partial charge in [-0.2, -0.15) is 0 Å². The molecule has 1 atom stereocenters. The molecule has 0 aromatic heterocycles. The van der Waals surface area contributed by atoms with Gasteiger partial charge in [-0.05, 0) is 25.0 Å². The van der Waals surface area contributed by atoms with Crippen LogP contribution in [0.1, 0.15) is 18.9 Å². The molecule has 1 aromatic rings. The molecule has 1 aliphatic rings. The number of hydrogen-bond acceptors (Lipinski definition) is 4. The van der Waals surface area contributed by atoms with Crippen LogP contribution in [0.3, 0.4) is 0 Å². The Morgan fingerprint density at radius 3 is 2.48 bits per heavy atom. The number of nitrogens with zero attached hydrogens (tertiary/aromatic N) is 2. The molecule has 0 spiro atoms. The summed E-state index contributed by atoms with van der Waals surface area (Å²) < 4.78 is 5.31. The van der Waals surface area contributed by atoms with Crippen LogP contribution in [0.5, 0.6) is 5.75 Å². The van der Waals surface area contributed by atoms with Gasteiger partial charge in [0.15, 0.2) is 0 Å². The lowest BCUT2D eigenvalue weighted by Crippen LogP contribution is -2.54. The number of nitrogens with two attached hydrogens (primary N) is 1. The van der Waals surface area contributed by atoms with Crippen molar-refractivity contribution in [2.24, 2.45) is 5.73 Å². The molecule has 1 aliphatic heterocycles. The molecule has 2 rings (SSSR count). The van der Waals surface area contributed by atoms with Gasteiger partial charge in [-0.25, -0.2) is 0 Å². The summed E-state index contributed by atoms with van der Waals surface area (Å²) in [6.07, 6.45) is 1.13. The Bertz CT molecular complexity index is 554. The van der Waals surface area contributed by atoms with E-state index < -0.39 is 0 Å². The number of para-hydroxylation sites is 1. The summed E-state index contributed by atoms with van der Waals surface area (Å²) >= 11 is 0. The molecule has 1 saturated heterocycles. The van der Waals surface area contributed by atoms with Gasteiger partial charge in [0, 0.05) is 32.6 Å². The number of benzene rings is 1. The molecule has 0 aliphatic carbocycles. The van der Waals surface area contributed by atoms with Crippen molar-refractivity contribution in [1.29, 1.82) is 0 Å². The molecule has 0 radical (unpaired) electrons. The molecular formula is C17H25N3O3. The average Bonchev–Trinajstić information content (AvgIpc) is 2.59. The molecule has 1 aromatic carbocycles. The van der Waals surface area contributed by atoms with Gasteiger partial charge >= 0.3 is 0 Å². The predicted molar refractivity (Wildman–Crippen MR) is 88.1 cm³/mol. The van der Waals surface area contributed by atoms with Crippen LogP contribution < -0.4 is 10.5 Å². The van der Waals surface area contributed by atoms with Gasteiger partial charge in [0.1, 0.15) is 5.75 Å². The van der Waals surface area contributed by atoms with E-state index in [2.05, 4.69) is 0 Å². The first kappa shape index (κ1) is 17.3. The van der Waals surface area contributed by atoms with Crippen LogP contribution in [0.25, 0.3) is 0 Å². The highest BCUT2D eigenvalue weighted by atomic mass is 16.5. The van der Waals surface area contributed by atoms with Gasteiger partial charge < -0.3 is 15.4 Å². The van der Waals surface area contributed by atoms with Gasteiger partial charge in [0.05, 0.1) is 13.2 Å². The quantitative estimate of drug-likeness (QED) is 0.835. The standard InChI is InChI=1S/C17H25N3O3/c1-13(17(18)22)19-9-11-20(12-10-19)16(21)8-7-14-5-3-4-6-15(14)23-2/h3-6,13H,7-12H2,1-2H3,(H2,18,22). The fraction of sp³-hybridized carbons (Fsp3) is 0.529. The van der Waals surface area contributed by atoms with Crippen LogP contribution in [-0.4, -0.2) is 60.9 Å². The number of rotatable bonds is 6. The van der Waals surface area contributed by atoms with Crippen molar-refractivity contribution in [3.63, 3.8) is 0 Å². The largest absolute Gasteiger partial charge is 0.496 e. The Balaban J connectivity index is 1.82. The Hall–Kier alpha value is -2.08. The van der Waals surface area contributed by atoms with Gasteiger partial charge in [-0.3, -0.25) is 14.5 Å². The monoisotopic (exact) mass is 319 g/mol. The van der Waals surface area contributed by atoms with Crippen molar-refractivity contribution in [1.82, 2.24) is 9.80 Å². The molecule has 2 N–H and O–H groups in total. The van der Waals surface area contributed by atoms with Crippen molar-refractivity contribution in [2.45, 2.75) is 25.8 Å². The zero-order valence-corrected chi connectivity index (χ0v) is 13.8. The number of ether oxygens (including phenoxy) is 1. The lowest BCUT2D eigenvalue weighted by Gasteiger charge is -2.37. The molecule has 23 heavy (non-hydrogen) atoms. The number of carbonyl (C=O) groups excluding carboxylic acids is 2. The van der Waals surface area contributed by atoms with Crippen LogP contribution in [0.2, 0.25) is 0 Å². The second kappa shape index (κ2) is 7.97. The second-order valence-corrected chi connectivity index (χ2v) is 5.81. The van der Waals surface area contributed by atoms with E-state index in [9.17, 15) is 9.59 Å². The Morgan fingerprint density at radius 2 is 1.87 bits per heavy atom. The zero-order valence-electron chi connectivity index (χ0n) is 13.8. The van der Waals surface area contributed by atoms with Crippen LogP contribution in [-0.2, 0) is 16.0 Å². The van der Waals surface area contributed by atoms with Crippen LogP contribution >= 0.6 is 0 Å². The third-order valence-electron chi connectivity index (χ3n) is 4.43. The smallest absolute Gasteiger partial charge is 0.234 e. The first-order valence-corrected chi connectivity index (χ1v) is 7.96. The Labute approximate surface area is 137 Å². The summed E-state index contributed by atoms with van der Waals surface area (Å²) in [7, 11) is 1.64. The number of carbonyl (C=O) groups is 2. The fourth-order valence-corrected chi connectivity index (χ4v) is 2.85. The molecule has 6 heteroatoms. The normalized spacial score (nSPS) is 16.9. The minimum absolute atomic E-state index is 0.141. The molecular weight excluding hydrogens is 294 g/mol. The van der Waals surface area contributed by atoms with Crippen molar-refractivity contribution in [3.05, 3.63) is 29.8 Å². The summed E-state index contributed by atoms with van der Waals surface area (Å²) in [4.78, 5) is 27.5. The third kappa shape index (κ3) is 4.45. The molecule has 0 saturated carbocycles. The molecule has 6 nitrogen and oxygen atoms in total. The topological polar surface area (TPSA) is 75.9 Å². The maximum atomic E-state index is 12.4. The minimum Gasteiger partial charge on any atom is -0.496 e.